The molecular weight excluding hydrogens is 516 g/mol. The van der Waals surface area contributed by atoms with Crippen molar-refractivity contribution >= 4 is 68.1 Å². The van der Waals surface area contributed by atoms with Crippen LogP contribution < -0.4 is 5.32 Å². The van der Waals surface area contributed by atoms with E-state index in [4.69, 9.17) is 16.0 Å². The molecule has 1 fully saturated rings. The fraction of sp³-hybridized carbons (Fsp3) is 0.0870. The number of anilines is 1. The predicted molar refractivity (Wildman–Crippen MR) is 129 cm³/mol. The van der Waals surface area contributed by atoms with Gasteiger partial charge in [-0.05, 0) is 72.8 Å². The van der Waals surface area contributed by atoms with E-state index in [1.54, 1.807) is 36.4 Å². The Morgan fingerprint density at radius 2 is 1.91 bits per heavy atom. The first-order valence-electron chi connectivity index (χ1n) is 9.47. The number of benzene rings is 2. The lowest BCUT2D eigenvalue weighted by Crippen LogP contribution is -2.36. The summed E-state index contributed by atoms with van der Waals surface area (Å²) < 4.78 is 6.74. The van der Waals surface area contributed by atoms with Crippen molar-refractivity contribution in [2.24, 2.45) is 0 Å². The van der Waals surface area contributed by atoms with Gasteiger partial charge in [0.15, 0.2) is 0 Å². The number of nitrogens with one attached hydrogen (secondary N) is 1. The van der Waals surface area contributed by atoms with E-state index >= 15 is 0 Å². The van der Waals surface area contributed by atoms with E-state index in [1.807, 2.05) is 25.1 Å². The topological polar surface area (TPSA) is 79.6 Å². The van der Waals surface area contributed by atoms with Gasteiger partial charge < -0.3 is 9.73 Å². The van der Waals surface area contributed by atoms with Crippen molar-refractivity contribution in [2.75, 3.05) is 11.9 Å². The van der Waals surface area contributed by atoms with Crippen molar-refractivity contribution in [1.29, 1.82) is 0 Å². The van der Waals surface area contributed by atoms with E-state index in [2.05, 4.69) is 21.2 Å². The number of halogens is 2. The lowest BCUT2D eigenvalue weighted by atomic mass is 10.1. The molecule has 162 valence electrons. The highest BCUT2D eigenvalue weighted by atomic mass is 79.9. The van der Waals surface area contributed by atoms with Crippen LogP contribution in [0.15, 0.2) is 68.4 Å². The van der Waals surface area contributed by atoms with E-state index < -0.39 is 17.1 Å². The Morgan fingerprint density at radius 3 is 2.62 bits per heavy atom. The zero-order valence-corrected chi connectivity index (χ0v) is 19.9. The summed E-state index contributed by atoms with van der Waals surface area (Å²) in [5.74, 6) is 0.0365. The van der Waals surface area contributed by atoms with Crippen molar-refractivity contribution in [2.45, 2.75) is 6.92 Å². The third kappa shape index (κ3) is 4.98. The molecule has 4 rings (SSSR count). The maximum Gasteiger partial charge on any atom is 0.294 e. The largest absolute Gasteiger partial charge is 0.457 e. The normalized spacial score (nSPS) is 15.0. The molecule has 1 aliphatic heterocycles. The molecule has 32 heavy (non-hydrogen) atoms. The third-order valence-corrected chi connectivity index (χ3v) is 6.41. The number of carbonyl (C=O) groups excluding carboxylic acids is 3. The molecule has 9 heteroatoms. The van der Waals surface area contributed by atoms with Crippen LogP contribution in [0.1, 0.15) is 11.3 Å². The average Bonchev–Trinajstić information content (AvgIpc) is 3.30. The second-order valence-corrected chi connectivity index (χ2v) is 9.29. The molecule has 0 atom stereocenters. The van der Waals surface area contributed by atoms with Crippen LogP contribution in [0.2, 0.25) is 5.02 Å². The molecule has 0 radical (unpaired) electrons. The van der Waals surface area contributed by atoms with Gasteiger partial charge in [-0.2, -0.15) is 0 Å². The molecule has 0 unspecified atom stereocenters. The van der Waals surface area contributed by atoms with Crippen LogP contribution in [0.4, 0.5) is 10.5 Å². The molecule has 1 N–H and O–H groups in total. The number of hydrogen-bond acceptors (Lipinski definition) is 5. The maximum absolute atomic E-state index is 12.7. The van der Waals surface area contributed by atoms with Crippen molar-refractivity contribution in [3.8, 4) is 11.3 Å². The molecule has 0 bridgehead atoms. The number of amides is 3. The molecule has 3 aromatic rings. The van der Waals surface area contributed by atoms with Gasteiger partial charge in [-0.15, -0.1) is 0 Å². The lowest BCUT2D eigenvalue weighted by Gasteiger charge is -2.12. The minimum absolute atomic E-state index is 0.193. The third-order valence-electron chi connectivity index (χ3n) is 4.59. The first-order valence-corrected chi connectivity index (χ1v) is 11.5. The molecule has 1 aromatic heterocycles. The maximum atomic E-state index is 12.7. The summed E-state index contributed by atoms with van der Waals surface area (Å²) in [7, 11) is 0. The van der Waals surface area contributed by atoms with Crippen molar-refractivity contribution in [3.63, 3.8) is 0 Å². The number of hydrogen-bond donors (Lipinski definition) is 1. The van der Waals surface area contributed by atoms with E-state index in [-0.39, 0.29) is 11.4 Å². The number of furan rings is 1. The van der Waals surface area contributed by atoms with Gasteiger partial charge in [0.1, 0.15) is 18.1 Å². The molecule has 0 saturated carbocycles. The standard InChI is InChI=1S/C23H16BrClN2O4S/c1-13-2-8-17(18(24)10-13)19-9-7-16(31-19)11-20-22(29)27(23(30)32-20)12-21(28)26-15-5-3-14(25)4-6-15/h2-11H,12H2,1H3,(H,26,28)/b20-11-. The molecule has 0 aliphatic carbocycles. The number of aryl methyl sites for hydroxylation is 1. The quantitative estimate of drug-likeness (QED) is 0.388. The Balaban J connectivity index is 1.46. The fourth-order valence-corrected chi connectivity index (χ4v) is 4.67. The summed E-state index contributed by atoms with van der Waals surface area (Å²) in [5, 5.41) is 2.66. The number of thioether (sulfide) groups is 1. The molecule has 0 spiro atoms. The number of carbonyl (C=O) groups is 3. The van der Waals surface area contributed by atoms with E-state index in [0.29, 0.717) is 22.2 Å². The SMILES string of the molecule is Cc1ccc(-c2ccc(/C=C3\SC(=O)N(CC(=O)Nc4ccc(Cl)cc4)C3=O)o2)c(Br)c1. The van der Waals surface area contributed by atoms with E-state index in [0.717, 1.165) is 32.3 Å². The first-order chi connectivity index (χ1) is 15.3. The minimum atomic E-state index is -0.541. The van der Waals surface area contributed by atoms with Crippen LogP contribution in [-0.4, -0.2) is 28.5 Å². The Kier molecular flexibility index (Phi) is 6.55. The summed E-state index contributed by atoms with van der Waals surface area (Å²) in [6, 6.07) is 16.0. The van der Waals surface area contributed by atoms with Crippen LogP contribution in [0.5, 0.6) is 0 Å². The van der Waals surface area contributed by atoms with Gasteiger partial charge in [0.25, 0.3) is 11.1 Å². The van der Waals surface area contributed by atoms with Crippen LogP contribution >= 0.6 is 39.3 Å². The summed E-state index contributed by atoms with van der Waals surface area (Å²) in [6.07, 6.45) is 1.51. The van der Waals surface area contributed by atoms with Crippen LogP contribution in [0, 0.1) is 6.92 Å². The fourth-order valence-electron chi connectivity index (χ4n) is 3.04. The van der Waals surface area contributed by atoms with Crippen molar-refractivity contribution in [1.82, 2.24) is 4.90 Å². The van der Waals surface area contributed by atoms with Crippen molar-refractivity contribution in [3.05, 3.63) is 80.3 Å². The van der Waals surface area contributed by atoms with Gasteiger partial charge in [-0.1, -0.05) is 33.6 Å². The van der Waals surface area contributed by atoms with Gasteiger partial charge >= 0.3 is 0 Å². The van der Waals surface area contributed by atoms with Crippen LogP contribution in [0.25, 0.3) is 17.4 Å². The Morgan fingerprint density at radius 1 is 1.16 bits per heavy atom. The Hall–Kier alpha value is -2.81. The minimum Gasteiger partial charge on any atom is -0.457 e. The molecular formula is C23H16BrClN2O4S. The molecule has 2 heterocycles. The van der Waals surface area contributed by atoms with Gasteiger partial charge in [-0.3, -0.25) is 19.3 Å². The molecule has 2 aromatic carbocycles. The Labute approximate surface area is 201 Å². The number of rotatable bonds is 5. The molecule has 3 amide bonds. The zero-order valence-electron chi connectivity index (χ0n) is 16.7. The zero-order chi connectivity index (χ0) is 22.8. The average molecular weight is 532 g/mol. The lowest BCUT2D eigenvalue weighted by molar-refractivity contribution is -0.127. The van der Waals surface area contributed by atoms with Crippen molar-refractivity contribution < 1.29 is 18.8 Å². The predicted octanol–water partition coefficient (Wildman–Crippen LogP) is 6.35. The number of imide groups is 1. The van der Waals surface area contributed by atoms with Gasteiger partial charge in [0, 0.05) is 26.8 Å². The second-order valence-electron chi connectivity index (χ2n) is 7.01. The van der Waals surface area contributed by atoms with Crippen LogP contribution in [0.3, 0.4) is 0 Å². The summed E-state index contributed by atoms with van der Waals surface area (Å²) >= 11 is 10.1. The highest BCUT2D eigenvalue weighted by molar-refractivity contribution is 9.10. The van der Waals surface area contributed by atoms with Gasteiger partial charge in [0.05, 0.1) is 4.91 Å². The first kappa shape index (κ1) is 22.4. The molecule has 6 nitrogen and oxygen atoms in total. The second kappa shape index (κ2) is 9.36. The smallest absolute Gasteiger partial charge is 0.294 e. The van der Waals surface area contributed by atoms with Gasteiger partial charge in [-0.25, -0.2) is 0 Å². The molecule has 1 saturated heterocycles. The monoisotopic (exact) mass is 530 g/mol. The summed E-state index contributed by atoms with van der Waals surface area (Å²) in [4.78, 5) is 38.4. The number of nitrogens with zero attached hydrogens (tertiary/aromatic N) is 1. The van der Waals surface area contributed by atoms with E-state index in [9.17, 15) is 14.4 Å². The summed E-state index contributed by atoms with van der Waals surface area (Å²) in [6.45, 7) is 1.61. The molecule has 1 aliphatic rings. The summed E-state index contributed by atoms with van der Waals surface area (Å²) in [5.41, 5.74) is 2.51. The van der Waals surface area contributed by atoms with E-state index in [1.165, 1.54) is 6.08 Å². The Bertz CT molecular complexity index is 1250. The van der Waals surface area contributed by atoms with Gasteiger partial charge in [0.2, 0.25) is 5.91 Å². The highest BCUT2D eigenvalue weighted by Gasteiger charge is 2.36. The van der Waals surface area contributed by atoms with Crippen LogP contribution in [-0.2, 0) is 9.59 Å². The highest BCUT2D eigenvalue weighted by Crippen LogP contribution is 2.35.